The molecule has 3 rings (SSSR count). The Kier molecular flexibility index (Phi) is 6.63. The second-order valence-electron chi connectivity index (χ2n) is 5.97. The van der Waals surface area contributed by atoms with Crippen molar-refractivity contribution >= 4 is 11.6 Å². The molecule has 4 nitrogen and oxygen atoms in total. The minimum absolute atomic E-state index is 0.104. The lowest BCUT2D eigenvalue weighted by molar-refractivity contribution is 0.299. The molecule has 6 heteroatoms. The zero-order valence-electron chi connectivity index (χ0n) is 14.4. The maximum atomic E-state index is 13.8. The predicted octanol–water partition coefficient (Wildman–Crippen LogP) is 4.43. The summed E-state index contributed by atoms with van der Waals surface area (Å²) in [7, 11) is 0. The van der Waals surface area contributed by atoms with Gasteiger partial charge in [0, 0.05) is 31.0 Å². The summed E-state index contributed by atoms with van der Waals surface area (Å²) >= 11 is 6.03. The summed E-state index contributed by atoms with van der Waals surface area (Å²) in [5, 5.41) is 3.79. The molecule has 2 aromatic carbocycles. The van der Waals surface area contributed by atoms with Gasteiger partial charge in [-0.25, -0.2) is 9.37 Å². The van der Waals surface area contributed by atoms with Crippen LogP contribution in [0.5, 0.6) is 5.75 Å². The number of rotatable bonds is 9. The fourth-order valence-corrected chi connectivity index (χ4v) is 2.83. The van der Waals surface area contributed by atoms with E-state index in [4.69, 9.17) is 16.3 Å². The second kappa shape index (κ2) is 9.36. The lowest BCUT2D eigenvalue weighted by Gasteiger charge is -2.11. The fraction of sp³-hybridized carbons (Fsp3) is 0.250. The average Bonchev–Trinajstić information content (AvgIpc) is 3.15. The molecule has 26 heavy (non-hydrogen) atoms. The fourth-order valence-electron chi connectivity index (χ4n) is 2.61. The van der Waals surface area contributed by atoms with E-state index in [0.717, 1.165) is 31.6 Å². The molecule has 0 fully saturated rings. The number of aromatic nitrogens is 2. The Hall–Kier alpha value is -2.37. The van der Waals surface area contributed by atoms with Crippen LogP contribution >= 0.6 is 11.6 Å². The second-order valence-corrected chi connectivity index (χ2v) is 6.37. The van der Waals surface area contributed by atoms with Crippen molar-refractivity contribution in [3.63, 3.8) is 0 Å². The van der Waals surface area contributed by atoms with Gasteiger partial charge in [0.15, 0.2) is 0 Å². The van der Waals surface area contributed by atoms with E-state index >= 15 is 0 Å². The van der Waals surface area contributed by atoms with E-state index in [9.17, 15) is 4.39 Å². The number of nitrogens with zero attached hydrogens (tertiary/aromatic N) is 2. The van der Waals surface area contributed by atoms with Crippen molar-refractivity contribution in [1.29, 1.82) is 0 Å². The summed E-state index contributed by atoms with van der Waals surface area (Å²) < 4.78 is 21.6. The van der Waals surface area contributed by atoms with Crippen molar-refractivity contribution in [2.24, 2.45) is 0 Å². The molecule has 1 aromatic heterocycles. The lowest BCUT2D eigenvalue weighted by Crippen LogP contribution is -2.16. The van der Waals surface area contributed by atoms with Crippen LogP contribution in [-0.2, 0) is 19.7 Å². The third-order valence-corrected chi connectivity index (χ3v) is 4.36. The van der Waals surface area contributed by atoms with Gasteiger partial charge in [0.2, 0.25) is 0 Å². The molecule has 0 amide bonds. The molecule has 0 aliphatic rings. The third-order valence-electron chi connectivity index (χ3n) is 4.00. The first kappa shape index (κ1) is 18.4. The van der Waals surface area contributed by atoms with Gasteiger partial charge in [0.05, 0.1) is 11.3 Å². The smallest absolute Gasteiger partial charge is 0.131 e. The molecule has 0 aliphatic carbocycles. The van der Waals surface area contributed by atoms with Crippen LogP contribution in [0.4, 0.5) is 4.39 Å². The molecule has 0 saturated carbocycles. The summed E-state index contributed by atoms with van der Waals surface area (Å²) in [5.74, 6) is 0.343. The number of benzene rings is 2. The van der Waals surface area contributed by atoms with Crippen LogP contribution in [0.3, 0.4) is 0 Å². The molecule has 0 bridgehead atoms. The standard InChI is InChI=1S/C20H21ClFN3O/c21-19-6-2-7-20(22)18(19)14-26-17-5-1-4-16(12-17)13-23-8-3-10-25-11-9-24-15-25/h1-2,4-7,9,11-12,15,23H,3,8,10,13-14H2. The van der Waals surface area contributed by atoms with E-state index in [0.29, 0.717) is 16.3 Å². The van der Waals surface area contributed by atoms with Crippen molar-refractivity contribution < 1.29 is 9.13 Å². The van der Waals surface area contributed by atoms with Crippen LogP contribution in [0.25, 0.3) is 0 Å². The highest BCUT2D eigenvalue weighted by Gasteiger charge is 2.07. The number of aryl methyl sites for hydroxylation is 1. The van der Waals surface area contributed by atoms with E-state index in [1.165, 1.54) is 6.07 Å². The number of nitrogens with one attached hydrogen (secondary N) is 1. The molecule has 136 valence electrons. The molecule has 0 saturated heterocycles. The van der Waals surface area contributed by atoms with Crippen molar-refractivity contribution in [3.8, 4) is 5.75 Å². The SMILES string of the molecule is Fc1cccc(Cl)c1COc1cccc(CNCCCn2ccnc2)c1. The van der Waals surface area contributed by atoms with Crippen molar-refractivity contribution in [2.45, 2.75) is 26.1 Å². The molecular formula is C20H21ClFN3O. The van der Waals surface area contributed by atoms with Gasteiger partial charge in [-0.1, -0.05) is 29.8 Å². The van der Waals surface area contributed by atoms with Crippen molar-refractivity contribution in [1.82, 2.24) is 14.9 Å². The minimum Gasteiger partial charge on any atom is -0.489 e. The zero-order valence-corrected chi connectivity index (χ0v) is 15.1. The summed E-state index contributed by atoms with van der Waals surface area (Å²) in [6.45, 7) is 2.71. The molecule has 0 unspecified atom stereocenters. The van der Waals surface area contributed by atoms with E-state index < -0.39 is 0 Å². The number of halogens is 2. The number of hydrogen-bond donors (Lipinski definition) is 1. The van der Waals surface area contributed by atoms with Gasteiger partial charge >= 0.3 is 0 Å². The molecule has 1 N–H and O–H groups in total. The van der Waals surface area contributed by atoms with Crippen molar-refractivity contribution in [3.05, 3.63) is 83.2 Å². The van der Waals surface area contributed by atoms with Crippen LogP contribution in [0.15, 0.2) is 61.2 Å². The average molecular weight is 374 g/mol. The van der Waals surface area contributed by atoms with E-state index in [1.54, 1.807) is 18.3 Å². The van der Waals surface area contributed by atoms with E-state index in [2.05, 4.69) is 14.9 Å². The van der Waals surface area contributed by atoms with Crippen LogP contribution in [0.1, 0.15) is 17.5 Å². The summed E-state index contributed by atoms with van der Waals surface area (Å²) in [6.07, 6.45) is 6.59. The first-order valence-electron chi connectivity index (χ1n) is 8.53. The van der Waals surface area contributed by atoms with Crippen LogP contribution in [-0.4, -0.2) is 16.1 Å². The third kappa shape index (κ3) is 5.31. The lowest BCUT2D eigenvalue weighted by atomic mass is 10.2. The summed E-state index contributed by atoms with van der Waals surface area (Å²) in [5.41, 5.74) is 1.49. The molecule has 0 aliphatic heterocycles. The highest BCUT2D eigenvalue weighted by atomic mass is 35.5. The van der Waals surface area contributed by atoms with Gasteiger partial charge < -0.3 is 14.6 Å². The van der Waals surface area contributed by atoms with E-state index in [1.807, 2.05) is 36.8 Å². The first-order chi connectivity index (χ1) is 12.7. The van der Waals surface area contributed by atoms with Gasteiger partial charge in [-0.05, 0) is 42.8 Å². The monoisotopic (exact) mass is 373 g/mol. The van der Waals surface area contributed by atoms with Gasteiger partial charge in [0.1, 0.15) is 18.2 Å². The Bertz CT molecular complexity index is 803. The van der Waals surface area contributed by atoms with Crippen LogP contribution in [0.2, 0.25) is 5.02 Å². The van der Waals surface area contributed by atoms with Gasteiger partial charge in [-0.2, -0.15) is 0 Å². The Morgan fingerprint density at radius 2 is 2.08 bits per heavy atom. The quantitative estimate of drug-likeness (QED) is 0.564. The maximum Gasteiger partial charge on any atom is 0.131 e. The minimum atomic E-state index is -0.354. The highest BCUT2D eigenvalue weighted by molar-refractivity contribution is 6.31. The zero-order chi connectivity index (χ0) is 18.2. The maximum absolute atomic E-state index is 13.8. The first-order valence-corrected chi connectivity index (χ1v) is 8.91. The molecule has 0 radical (unpaired) electrons. The molecule has 1 heterocycles. The molecule has 0 atom stereocenters. The van der Waals surface area contributed by atoms with Crippen LogP contribution in [0, 0.1) is 5.82 Å². The normalized spacial score (nSPS) is 10.8. The Morgan fingerprint density at radius 3 is 2.88 bits per heavy atom. The molecular weight excluding hydrogens is 353 g/mol. The Labute approximate surface area is 157 Å². The summed E-state index contributed by atoms with van der Waals surface area (Å²) in [4.78, 5) is 4.03. The topological polar surface area (TPSA) is 39.1 Å². The number of ether oxygens (including phenoxy) is 1. The van der Waals surface area contributed by atoms with Gasteiger partial charge in [-0.15, -0.1) is 0 Å². The highest BCUT2D eigenvalue weighted by Crippen LogP contribution is 2.22. The Morgan fingerprint density at radius 1 is 1.19 bits per heavy atom. The number of imidazole rings is 1. The molecule has 0 spiro atoms. The predicted molar refractivity (Wildman–Crippen MR) is 101 cm³/mol. The van der Waals surface area contributed by atoms with Gasteiger partial charge in [-0.3, -0.25) is 0 Å². The van der Waals surface area contributed by atoms with Crippen LogP contribution < -0.4 is 10.1 Å². The van der Waals surface area contributed by atoms with Gasteiger partial charge in [0.25, 0.3) is 0 Å². The number of hydrogen-bond acceptors (Lipinski definition) is 3. The van der Waals surface area contributed by atoms with Crippen molar-refractivity contribution in [2.75, 3.05) is 6.54 Å². The van der Waals surface area contributed by atoms with E-state index in [-0.39, 0.29) is 12.4 Å². The molecule has 3 aromatic rings. The largest absolute Gasteiger partial charge is 0.489 e. The Balaban J connectivity index is 1.45. The summed E-state index contributed by atoms with van der Waals surface area (Å²) in [6, 6.07) is 12.4.